The molecule has 0 unspecified atom stereocenters. The van der Waals surface area contributed by atoms with Crippen LogP contribution in [0.25, 0.3) is 0 Å². The van der Waals surface area contributed by atoms with Crippen LogP contribution in [0.3, 0.4) is 0 Å². The van der Waals surface area contributed by atoms with E-state index >= 15 is 0 Å². The molecule has 2 nitrogen and oxygen atoms in total. The summed E-state index contributed by atoms with van der Waals surface area (Å²) in [6, 6.07) is 10.5. The standard InChI is InChI=1S/C13H12BrFN2/c1-8-2-3-9(16)6-13(8)17-10-4-5-11(14)12(15)7-10/h2-7,17H,16H2,1H3. The normalized spacial score (nSPS) is 10.3. The molecule has 0 radical (unpaired) electrons. The first-order chi connectivity index (χ1) is 8.06. The van der Waals surface area contributed by atoms with E-state index in [1.54, 1.807) is 12.1 Å². The van der Waals surface area contributed by atoms with Gasteiger partial charge in [0.25, 0.3) is 0 Å². The highest BCUT2D eigenvalue weighted by molar-refractivity contribution is 9.10. The van der Waals surface area contributed by atoms with Crippen molar-refractivity contribution in [2.75, 3.05) is 11.1 Å². The fraction of sp³-hybridized carbons (Fsp3) is 0.0769. The van der Waals surface area contributed by atoms with Gasteiger partial charge in [0.05, 0.1) is 4.47 Å². The molecule has 0 aliphatic heterocycles. The Hall–Kier alpha value is -1.55. The fourth-order valence-corrected chi connectivity index (χ4v) is 1.75. The van der Waals surface area contributed by atoms with Crippen LogP contribution in [0.5, 0.6) is 0 Å². The first kappa shape index (κ1) is 11.9. The third-order valence-corrected chi connectivity index (χ3v) is 3.10. The SMILES string of the molecule is Cc1ccc(N)cc1Nc1ccc(Br)c(F)c1. The zero-order valence-corrected chi connectivity index (χ0v) is 10.9. The zero-order chi connectivity index (χ0) is 12.4. The van der Waals surface area contributed by atoms with Gasteiger partial charge in [0.2, 0.25) is 0 Å². The van der Waals surface area contributed by atoms with Crippen molar-refractivity contribution >= 4 is 33.0 Å². The molecule has 2 rings (SSSR count). The fourth-order valence-electron chi connectivity index (χ4n) is 1.50. The van der Waals surface area contributed by atoms with Crippen LogP contribution in [-0.4, -0.2) is 0 Å². The Bertz CT molecular complexity index is 555. The number of aryl methyl sites for hydroxylation is 1. The lowest BCUT2D eigenvalue weighted by atomic mass is 10.1. The second-order valence-electron chi connectivity index (χ2n) is 3.83. The maximum absolute atomic E-state index is 13.4. The zero-order valence-electron chi connectivity index (χ0n) is 9.30. The van der Waals surface area contributed by atoms with E-state index in [1.165, 1.54) is 6.07 Å². The summed E-state index contributed by atoms with van der Waals surface area (Å²) in [5.41, 5.74) is 9.02. The molecule has 17 heavy (non-hydrogen) atoms. The Balaban J connectivity index is 2.31. The average molecular weight is 295 g/mol. The van der Waals surface area contributed by atoms with Crippen molar-refractivity contribution in [3.63, 3.8) is 0 Å². The van der Waals surface area contributed by atoms with Gasteiger partial charge < -0.3 is 11.1 Å². The molecule has 0 spiro atoms. The first-order valence-electron chi connectivity index (χ1n) is 5.14. The van der Waals surface area contributed by atoms with E-state index in [0.717, 1.165) is 11.3 Å². The highest BCUT2D eigenvalue weighted by Gasteiger charge is 2.03. The molecular weight excluding hydrogens is 283 g/mol. The Morgan fingerprint density at radius 2 is 1.94 bits per heavy atom. The largest absolute Gasteiger partial charge is 0.399 e. The maximum atomic E-state index is 13.4. The molecule has 4 heteroatoms. The average Bonchev–Trinajstić information content (AvgIpc) is 2.29. The number of nitrogens with one attached hydrogen (secondary N) is 1. The van der Waals surface area contributed by atoms with Gasteiger partial charge in [0.15, 0.2) is 0 Å². The lowest BCUT2D eigenvalue weighted by Crippen LogP contribution is -1.95. The van der Waals surface area contributed by atoms with Gasteiger partial charge in [0.1, 0.15) is 5.82 Å². The number of hydrogen-bond donors (Lipinski definition) is 2. The lowest BCUT2D eigenvalue weighted by molar-refractivity contribution is 0.622. The number of hydrogen-bond acceptors (Lipinski definition) is 2. The van der Waals surface area contributed by atoms with Crippen molar-refractivity contribution in [3.05, 3.63) is 52.3 Å². The second kappa shape index (κ2) is 4.75. The van der Waals surface area contributed by atoms with Crippen LogP contribution in [0.4, 0.5) is 21.5 Å². The highest BCUT2D eigenvalue weighted by atomic mass is 79.9. The van der Waals surface area contributed by atoms with Gasteiger partial charge in [-0.2, -0.15) is 0 Å². The number of nitrogen functional groups attached to an aromatic ring is 1. The van der Waals surface area contributed by atoms with Gasteiger partial charge in [-0.3, -0.25) is 0 Å². The molecule has 0 saturated heterocycles. The van der Waals surface area contributed by atoms with Gasteiger partial charge in [-0.15, -0.1) is 0 Å². The Morgan fingerprint density at radius 3 is 2.65 bits per heavy atom. The summed E-state index contributed by atoms with van der Waals surface area (Å²) in [4.78, 5) is 0. The van der Waals surface area contributed by atoms with E-state index < -0.39 is 0 Å². The van der Waals surface area contributed by atoms with E-state index in [4.69, 9.17) is 5.73 Å². The van der Waals surface area contributed by atoms with Crippen molar-refractivity contribution in [1.82, 2.24) is 0 Å². The molecule has 0 fully saturated rings. The molecule has 0 aliphatic rings. The molecule has 3 N–H and O–H groups in total. The Labute approximate surface area is 108 Å². The van der Waals surface area contributed by atoms with Crippen LogP contribution in [-0.2, 0) is 0 Å². The molecule has 0 amide bonds. The van der Waals surface area contributed by atoms with E-state index in [-0.39, 0.29) is 5.82 Å². The summed E-state index contributed by atoms with van der Waals surface area (Å²) in [5.74, 6) is -0.295. The summed E-state index contributed by atoms with van der Waals surface area (Å²) < 4.78 is 13.8. The molecule has 0 atom stereocenters. The first-order valence-corrected chi connectivity index (χ1v) is 5.94. The molecule has 0 aromatic heterocycles. The van der Waals surface area contributed by atoms with Gasteiger partial charge in [-0.25, -0.2) is 4.39 Å². The third-order valence-electron chi connectivity index (χ3n) is 2.46. The molecule has 0 bridgehead atoms. The van der Waals surface area contributed by atoms with Crippen molar-refractivity contribution < 1.29 is 4.39 Å². The van der Waals surface area contributed by atoms with E-state index in [0.29, 0.717) is 15.8 Å². The predicted molar refractivity (Wildman–Crippen MR) is 73.0 cm³/mol. The molecular formula is C13H12BrFN2. The predicted octanol–water partition coefficient (Wildman–Crippen LogP) is 4.22. The maximum Gasteiger partial charge on any atom is 0.139 e. The van der Waals surface area contributed by atoms with Gasteiger partial charge in [0, 0.05) is 17.1 Å². The number of anilines is 3. The molecule has 0 heterocycles. The van der Waals surface area contributed by atoms with Crippen molar-refractivity contribution in [1.29, 1.82) is 0 Å². The summed E-state index contributed by atoms with van der Waals surface area (Å²) in [7, 11) is 0. The second-order valence-corrected chi connectivity index (χ2v) is 4.68. The molecule has 0 saturated carbocycles. The number of nitrogens with two attached hydrogens (primary N) is 1. The monoisotopic (exact) mass is 294 g/mol. The van der Waals surface area contributed by atoms with Crippen molar-refractivity contribution in [2.24, 2.45) is 0 Å². The summed E-state index contributed by atoms with van der Waals surface area (Å²) in [5, 5.41) is 3.14. The van der Waals surface area contributed by atoms with Crippen molar-refractivity contribution in [2.45, 2.75) is 6.92 Å². The number of benzene rings is 2. The van der Waals surface area contributed by atoms with Gasteiger partial charge in [-0.05, 0) is 58.7 Å². The Kier molecular flexibility index (Phi) is 3.33. The highest BCUT2D eigenvalue weighted by Crippen LogP contribution is 2.25. The summed E-state index contributed by atoms with van der Waals surface area (Å²) in [6.07, 6.45) is 0. The minimum Gasteiger partial charge on any atom is -0.399 e. The van der Waals surface area contributed by atoms with E-state index in [2.05, 4.69) is 21.2 Å². The molecule has 88 valence electrons. The topological polar surface area (TPSA) is 38.0 Å². The Morgan fingerprint density at radius 1 is 1.18 bits per heavy atom. The minimum absolute atomic E-state index is 0.295. The number of rotatable bonds is 2. The smallest absolute Gasteiger partial charge is 0.139 e. The van der Waals surface area contributed by atoms with Crippen LogP contribution in [0.1, 0.15) is 5.56 Å². The van der Waals surface area contributed by atoms with E-state index in [9.17, 15) is 4.39 Å². The third kappa shape index (κ3) is 2.77. The van der Waals surface area contributed by atoms with Gasteiger partial charge >= 0.3 is 0 Å². The quantitative estimate of drug-likeness (QED) is 0.814. The lowest BCUT2D eigenvalue weighted by Gasteiger charge is -2.10. The number of halogens is 2. The van der Waals surface area contributed by atoms with Crippen LogP contribution in [0.15, 0.2) is 40.9 Å². The minimum atomic E-state index is -0.295. The van der Waals surface area contributed by atoms with Crippen LogP contribution in [0.2, 0.25) is 0 Å². The van der Waals surface area contributed by atoms with Crippen molar-refractivity contribution in [3.8, 4) is 0 Å². The van der Waals surface area contributed by atoms with Crippen LogP contribution in [0, 0.1) is 12.7 Å². The van der Waals surface area contributed by atoms with E-state index in [1.807, 2.05) is 25.1 Å². The molecule has 2 aromatic carbocycles. The summed E-state index contributed by atoms with van der Waals surface area (Å²) >= 11 is 3.12. The van der Waals surface area contributed by atoms with Gasteiger partial charge in [-0.1, -0.05) is 6.07 Å². The van der Waals surface area contributed by atoms with Crippen LogP contribution >= 0.6 is 15.9 Å². The summed E-state index contributed by atoms with van der Waals surface area (Å²) in [6.45, 7) is 1.97. The van der Waals surface area contributed by atoms with Crippen LogP contribution < -0.4 is 11.1 Å². The molecule has 2 aromatic rings. The molecule has 0 aliphatic carbocycles.